The molecule has 2 fully saturated rings. The van der Waals surface area contributed by atoms with Crippen LogP contribution in [0.3, 0.4) is 0 Å². The molecule has 2 saturated heterocycles. The number of hydrogen-bond donors (Lipinski definition) is 1. The topological polar surface area (TPSA) is 66.4 Å². The first kappa shape index (κ1) is 22.7. The van der Waals surface area contributed by atoms with Gasteiger partial charge in [-0.25, -0.2) is 4.99 Å². The van der Waals surface area contributed by atoms with Gasteiger partial charge >= 0.3 is 6.18 Å². The van der Waals surface area contributed by atoms with Gasteiger partial charge in [0.15, 0.2) is 5.96 Å². The number of likely N-dealkylation sites (tertiary alicyclic amines) is 1. The van der Waals surface area contributed by atoms with E-state index < -0.39 is 18.6 Å². The standard InChI is InChI=1S/C18H31F3N4O3/c1-3-22-17(23-11-16(26)24(2)13-18(19,20)21)25-8-6-14(7-9-25)28-12-15-5-4-10-27-15/h14-15H,3-13H2,1-2H3,(H,22,23). The van der Waals surface area contributed by atoms with E-state index >= 15 is 0 Å². The average Bonchev–Trinajstić information content (AvgIpc) is 3.16. The number of rotatable bonds is 7. The predicted molar refractivity (Wildman–Crippen MR) is 99.2 cm³/mol. The van der Waals surface area contributed by atoms with Crippen molar-refractivity contribution in [3.05, 3.63) is 0 Å². The fourth-order valence-corrected chi connectivity index (χ4v) is 3.30. The van der Waals surface area contributed by atoms with E-state index in [-0.39, 0.29) is 18.8 Å². The number of nitrogens with one attached hydrogen (secondary N) is 1. The van der Waals surface area contributed by atoms with Crippen LogP contribution in [0.25, 0.3) is 0 Å². The van der Waals surface area contributed by atoms with Crippen molar-refractivity contribution in [2.24, 2.45) is 4.99 Å². The Bertz CT molecular complexity index is 517. The lowest BCUT2D eigenvalue weighted by Gasteiger charge is -2.34. The summed E-state index contributed by atoms with van der Waals surface area (Å²) in [5, 5.41) is 3.11. The van der Waals surface area contributed by atoms with Gasteiger partial charge < -0.3 is 24.6 Å². The van der Waals surface area contributed by atoms with Crippen LogP contribution in [0.4, 0.5) is 13.2 Å². The molecule has 0 aromatic heterocycles. The van der Waals surface area contributed by atoms with Crippen molar-refractivity contribution in [3.8, 4) is 0 Å². The first-order chi connectivity index (χ1) is 13.3. The molecule has 10 heteroatoms. The number of nitrogens with zero attached hydrogens (tertiary/aromatic N) is 3. The summed E-state index contributed by atoms with van der Waals surface area (Å²) >= 11 is 0. The zero-order chi connectivity index (χ0) is 20.6. The molecule has 2 heterocycles. The van der Waals surface area contributed by atoms with Gasteiger partial charge in [-0.15, -0.1) is 0 Å². The van der Waals surface area contributed by atoms with Crippen molar-refractivity contribution in [2.45, 2.75) is 51.0 Å². The van der Waals surface area contributed by atoms with Gasteiger partial charge in [0.1, 0.15) is 13.1 Å². The smallest absolute Gasteiger partial charge is 0.376 e. The Balaban J connectivity index is 1.79. The van der Waals surface area contributed by atoms with Crippen LogP contribution in [-0.2, 0) is 14.3 Å². The van der Waals surface area contributed by atoms with Gasteiger partial charge in [-0.3, -0.25) is 4.79 Å². The molecule has 2 rings (SSSR count). The number of guanidine groups is 1. The summed E-state index contributed by atoms with van der Waals surface area (Å²) in [6.07, 6.45) is -0.236. The van der Waals surface area contributed by atoms with Crippen molar-refractivity contribution < 1.29 is 27.4 Å². The number of likely N-dealkylation sites (N-methyl/N-ethyl adjacent to an activating group) is 1. The Hall–Kier alpha value is -1.55. The summed E-state index contributed by atoms with van der Waals surface area (Å²) in [6.45, 7) is 3.80. The minimum Gasteiger partial charge on any atom is -0.376 e. The third kappa shape index (κ3) is 7.83. The number of piperidine rings is 1. The number of carbonyl (C=O) groups is 1. The lowest BCUT2D eigenvalue weighted by atomic mass is 10.1. The third-order valence-corrected chi connectivity index (χ3v) is 4.82. The largest absolute Gasteiger partial charge is 0.406 e. The lowest BCUT2D eigenvalue weighted by Crippen LogP contribution is -2.47. The van der Waals surface area contributed by atoms with Gasteiger partial charge in [-0.2, -0.15) is 13.2 Å². The molecule has 0 aliphatic carbocycles. The highest BCUT2D eigenvalue weighted by Crippen LogP contribution is 2.18. The molecule has 7 nitrogen and oxygen atoms in total. The lowest BCUT2D eigenvalue weighted by molar-refractivity contribution is -0.157. The molecule has 0 aromatic rings. The second-order valence-corrected chi connectivity index (χ2v) is 7.19. The Morgan fingerprint density at radius 1 is 1.32 bits per heavy atom. The average molecular weight is 408 g/mol. The zero-order valence-corrected chi connectivity index (χ0v) is 16.6. The van der Waals surface area contributed by atoms with E-state index in [1.54, 1.807) is 0 Å². The molecule has 0 aromatic carbocycles. The minimum atomic E-state index is -4.41. The molecule has 0 radical (unpaired) electrons. The zero-order valence-electron chi connectivity index (χ0n) is 16.6. The van der Waals surface area contributed by atoms with Gasteiger partial charge in [-0.1, -0.05) is 0 Å². The summed E-state index contributed by atoms with van der Waals surface area (Å²) in [5.74, 6) is -0.114. The Labute approximate surface area is 164 Å². The molecule has 1 N–H and O–H groups in total. The highest BCUT2D eigenvalue weighted by molar-refractivity contribution is 5.85. The predicted octanol–water partition coefficient (Wildman–Crippen LogP) is 1.63. The Kier molecular flexibility index (Phi) is 8.81. The Morgan fingerprint density at radius 2 is 2.04 bits per heavy atom. The van der Waals surface area contributed by atoms with Crippen LogP contribution < -0.4 is 5.32 Å². The van der Waals surface area contributed by atoms with Crippen molar-refractivity contribution >= 4 is 11.9 Å². The number of alkyl halides is 3. The fourth-order valence-electron chi connectivity index (χ4n) is 3.30. The van der Waals surface area contributed by atoms with Crippen molar-refractivity contribution in [1.82, 2.24) is 15.1 Å². The number of halogens is 3. The first-order valence-corrected chi connectivity index (χ1v) is 9.85. The third-order valence-electron chi connectivity index (χ3n) is 4.82. The number of carbonyl (C=O) groups excluding carboxylic acids is 1. The van der Waals surface area contributed by atoms with Crippen LogP contribution in [0.2, 0.25) is 0 Å². The highest BCUT2D eigenvalue weighted by Gasteiger charge is 2.31. The van der Waals surface area contributed by atoms with Crippen LogP contribution in [0.1, 0.15) is 32.6 Å². The van der Waals surface area contributed by atoms with Gasteiger partial charge in [0.25, 0.3) is 0 Å². The molecule has 2 aliphatic rings. The molecule has 0 spiro atoms. The maximum absolute atomic E-state index is 12.4. The minimum absolute atomic E-state index is 0.169. The molecule has 28 heavy (non-hydrogen) atoms. The molecule has 162 valence electrons. The van der Waals surface area contributed by atoms with Crippen molar-refractivity contribution in [3.63, 3.8) is 0 Å². The van der Waals surface area contributed by atoms with E-state index in [4.69, 9.17) is 9.47 Å². The number of hydrogen-bond acceptors (Lipinski definition) is 4. The van der Waals surface area contributed by atoms with Crippen LogP contribution in [0, 0.1) is 0 Å². The molecular weight excluding hydrogens is 377 g/mol. The molecule has 1 atom stereocenters. The van der Waals surface area contributed by atoms with E-state index in [1.807, 2.05) is 11.8 Å². The summed E-state index contributed by atoms with van der Waals surface area (Å²) in [4.78, 5) is 18.8. The van der Waals surface area contributed by atoms with E-state index in [1.165, 1.54) is 0 Å². The van der Waals surface area contributed by atoms with Crippen LogP contribution in [0.5, 0.6) is 0 Å². The summed E-state index contributed by atoms with van der Waals surface area (Å²) < 4.78 is 48.7. The van der Waals surface area contributed by atoms with E-state index in [0.717, 1.165) is 39.3 Å². The number of aliphatic imine (C=N–C) groups is 1. The second kappa shape index (κ2) is 10.8. The fraction of sp³-hybridized carbons (Fsp3) is 0.889. The highest BCUT2D eigenvalue weighted by atomic mass is 19.4. The van der Waals surface area contributed by atoms with Crippen LogP contribution in [0.15, 0.2) is 4.99 Å². The van der Waals surface area contributed by atoms with Gasteiger partial charge in [0.05, 0.1) is 18.8 Å². The SMILES string of the molecule is CCNC(=NCC(=O)N(C)CC(F)(F)F)N1CCC(OCC2CCCO2)CC1. The first-order valence-electron chi connectivity index (χ1n) is 9.85. The van der Waals surface area contributed by atoms with Gasteiger partial charge in [0, 0.05) is 33.3 Å². The number of ether oxygens (including phenoxy) is 2. The molecule has 0 bridgehead atoms. The molecule has 2 aliphatic heterocycles. The van der Waals surface area contributed by atoms with Crippen molar-refractivity contribution in [2.75, 3.05) is 53.0 Å². The molecule has 1 unspecified atom stereocenters. The monoisotopic (exact) mass is 408 g/mol. The van der Waals surface area contributed by atoms with E-state index in [2.05, 4.69) is 10.3 Å². The summed E-state index contributed by atoms with van der Waals surface area (Å²) in [6, 6.07) is 0. The summed E-state index contributed by atoms with van der Waals surface area (Å²) in [7, 11) is 1.13. The van der Waals surface area contributed by atoms with Gasteiger partial charge in [-0.05, 0) is 32.6 Å². The van der Waals surface area contributed by atoms with E-state index in [0.29, 0.717) is 37.1 Å². The maximum Gasteiger partial charge on any atom is 0.406 e. The summed E-state index contributed by atoms with van der Waals surface area (Å²) in [5.41, 5.74) is 0. The molecular formula is C18H31F3N4O3. The maximum atomic E-state index is 12.4. The molecule has 1 amide bonds. The quantitative estimate of drug-likeness (QED) is 0.512. The van der Waals surface area contributed by atoms with Crippen LogP contribution in [-0.4, -0.2) is 93.0 Å². The Morgan fingerprint density at radius 3 is 2.61 bits per heavy atom. The van der Waals surface area contributed by atoms with Gasteiger partial charge in [0.2, 0.25) is 5.91 Å². The normalized spacial score (nSPS) is 21.8. The van der Waals surface area contributed by atoms with E-state index in [9.17, 15) is 18.0 Å². The van der Waals surface area contributed by atoms with Crippen LogP contribution >= 0.6 is 0 Å². The number of amides is 1. The molecule has 0 saturated carbocycles. The van der Waals surface area contributed by atoms with Crippen molar-refractivity contribution in [1.29, 1.82) is 0 Å². The second-order valence-electron chi connectivity index (χ2n) is 7.19.